The van der Waals surface area contributed by atoms with Crippen molar-refractivity contribution in [2.75, 3.05) is 19.3 Å². The molecule has 0 aromatic carbocycles. The molecule has 3 rings (SSSR count). The Hall–Kier alpha value is -2.19. The molecule has 7 nitrogen and oxygen atoms in total. The highest BCUT2D eigenvalue weighted by molar-refractivity contribution is 7.88. The molecule has 0 unspecified atom stereocenters. The molecule has 0 saturated carbocycles. The van der Waals surface area contributed by atoms with Gasteiger partial charge in [-0.2, -0.15) is 0 Å². The van der Waals surface area contributed by atoms with Gasteiger partial charge in [-0.15, -0.1) is 0 Å². The number of rotatable bonds is 5. The molecule has 2 aromatic rings. The predicted molar refractivity (Wildman–Crippen MR) is 92.9 cm³/mol. The topological polar surface area (TPSA) is 92.5 Å². The SMILES string of the molecule is CS(=O)(=O)N1CCC(C(=O)NCc2cccnc2-c2ccco2)CC1. The molecule has 0 atom stereocenters. The van der Waals surface area contributed by atoms with E-state index >= 15 is 0 Å². The van der Waals surface area contributed by atoms with Crippen LogP contribution in [-0.4, -0.2) is 43.0 Å². The Morgan fingerprint density at radius 1 is 1.32 bits per heavy atom. The van der Waals surface area contributed by atoms with Crippen molar-refractivity contribution in [1.29, 1.82) is 0 Å². The number of aromatic nitrogens is 1. The molecule has 1 N–H and O–H groups in total. The van der Waals surface area contributed by atoms with Crippen LogP contribution in [0.25, 0.3) is 11.5 Å². The average molecular weight is 363 g/mol. The Bertz CT molecular complexity index is 825. The van der Waals surface area contributed by atoms with Crippen LogP contribution < -0.4 is 5.32 Å². The number of furan rings is 1. The van der Waals surface area contributed by atoms with E-state index in [4.69, 9.17) is 4.42 Å². The Morgan fingerprint density at radius 2 is 2.08 bits per heavy atom. The summed E-state index contributed by atoms with van der Waals surface area (Å²) in [7, 11) is -3.18. The molecule has 2 aromatic heterocycles. The van der Waals surface area contributed by atoms with Crippen LogP contribution in [0.5, 0.6) is 0 Å². The first-order valence-electron chi connectivity index (χ1n) is 8.16. The number of nitrogens with zero attached hydrogens (tertiary/aromatic N) is 2. The molecule has 0 bridgehead atoms. The highest BCUT2D eigenvalue weighted by Crippen LogP contribution is 2.22. The molecule has 0 aliphatic carbocycles. The fourth-order valence-electron chi connectivity index (χ4n) is 2.99. The van der Waals surface area contributed by atoms with Crippen LogP contribution in [-0.2, 0) is 21.4 Å². The summed E-state index contributed by atoms with van der Waals surface area (Å²) in [5, 5.41) is 2.94. The Kier molecular flexibility index (Phi) is 5.19. The minimum atomic E-state index is -3.18. The second-order valence-corrected chi connectivity index (χ2v) is 8.12. The normalized spacial score (nSPS) is 16.7. The maximum atomic E-state index is 12.4. The van der Waals surface area contributed by atoms with Crippen molar-refractivity contribution < 1.29 is 17.6 Å². The van der Waals surface area contributed by atoms with E-state index in [1.54, 1.807) is 18.5 Å². The molecule has 134 valence electrons. The molecule has 1 aliphatic heterocycles. The van der Waals surface area contributed by atoms with Crippen molar-refractivity contribution in [2.45, 2.75) is 19.4 Å². The summed E-state index contributed by atoms with van der Waals surface area (Å²) in [6.07, 6.45) is 5.55. The van der Waals surface area contributed by atoms with Crippen LogP contribution in [0.15, 0.2) is 41.1 Å². The van der Waals surface area contributed by atoms with Gasteiger partial charge in [0.1, 0.15) is 5.69 Å². The van der Waals surface area contributed by atoms with Gasteiger partial charge in [0.05, 0.1) is 12.5 Å². The van der Waals surface area contributed by atoms with Gasteiger partial charge >= 0.3 is 0 Å². The van der Waals surface area contributed by atoms with Gasteiger partial charge in [-0.3, -0.25) is 9.78 Å². The third-order valence-electron chi connectivity index (χ3n) is 4.39. The zero-order valence-corrected chi connectivity index (χ0v) is 14.8. The third-order valence-corrected chi connectivity index (χ3v) is 5.70. The minimum absolute atomic E-state index is 0.0533. The summed E-state index contributed by atoms with van der Waals surface area (Å²) < 4.78 is 29.9. The van der Waals surface area contributed by atoms with Gasteiger partial charge in [0.15, 0.2) is 5.76 Å². The van der Waals surface area contributed by atoms with Gasteiger partial charge < -0.3 is 9.73 Å². The lowest BCUT2D eigenvalue weighted by Crippen LogP contribution is -2.42. The summed E-state index contributed by atoms with van der Waals surface area (Å²) in [6, 6.07) is 7.34. The average Bonchev–Trinajstić information content (AvgIpc) is 3.14. The lowest BCUT2D eigenvalue weighted by molar-refractivity contribution is -0.126. The fourth-order valence-corrected chi connectivity index (χ4v) is 3.87. The molecule has 1 amide bonds. The summed E-state index contributed by atoms with van der Waals surface area (Å²) in [5.41, 5.74) is 1.58. The molecule has 1 aliphatic rings. The molecule has 0 spiro atoms. The molecule has 1 saturated heterocycles. The number of hydrogen-bond donors (Lipinski definition) is 1. The quantitative estimate of drug-likeness (QED) is 0.872. The number of nitrogens with one attached hydrogen (secondary N) is 1. The molecule has 25 heavy (non-hydrogen) atoms. The standard InChI is InChI=1S/C17H21N3O4S/c1-25(22,23)20-9-6-13(7-10-20)17(21)19-12-14-4-2-8-18-16(14)15-5-3-11-24-15/h2-5,8,11,13H,6-7,9-10,12H2,1H3,(H,19,21). The van der Waals surface area contributed by atoms with Crippen molar-refractivity contribution in [2.24, 2.45) is 5.92 Å². The lowest BCUT2D eigenvalue weighted by Gasteiger charge is -2.29. The van der Waals surface area contributed by atoms with Crippen LogP contribution in [0.2, 0.25) is 0 Å². The number of piperidine rings is 1. The molecule has 1 fully saturated rings. The van der Waals surface area contributed by atoms with Crippen molar-refractivity contribution >= 4 is 15.9 Å². The molecular weight excluding hydrogens is 342 g/mol. The van der Waals surface area contributed by atoms with E-state index in [1.165, 1.54) is 10.6 Å². The zero-order valence-electron chi connectivity index (χ0n) is 14.0. The predicted octanol–water partition coefficient (Wildman–Crippen LogP) is 1.63. The maximum Gasteiger partial charge on any atom is 0.223 e. The number of carbonyl (C=O) groups is 1. The second-order valence-electron chi connectivity index (χ2n) is 6.14. The molecule has 0 radical (unpaired) electrons. The molecular formula is C17H21N3O4S. The lowest BCUT2D eigenvalue weighted by atomic mass is 9.97. The maximum absolute atomic E-state index is 12.4. The van der Waals surface area contributed by atoms with E-state index in [0.29, 0.717) is 43.9 Å². The summed E-state index contributed by atoms with van der Waals surface area (Å²) >= 11 is 0. The highest BCUT2D eigenvalue weighted by atomic mass is 32.2. The van der Waals surface area contributed by atoms with Crippen molar-refractivity contribution in [3.8, 4) is 11.5 Å². The van der Waals surface area contributed by atoms with Gasteiger partial charge in [-0.25, -0.2) is 12.7 Å². The van der Waals surface area contributed by atoms with Crippen molar-refractivity contribution in [3.63, 3.8) is 0 Å². The first-order valence-corrected chi connectivity index (χ1v) is 10.0. The van der Waals surface area contributed by atoms with Gasteiger partial charge in [0.2, 0.25) is 15.9 Å². The van der Waals surface area contributed by atoms with Crippen LogP contribution >= 0.6 is 0 Å². The third kappa shape index (κ3) is 4.26. The van der Waals surface area contributed by atoms with Crippen LogP contribution in [0.1, 0.15) is 18.4 Å². The number of hydrogen-bond acceptors (Lipinski definition) is 5. The van der Waals surface area contributed by atoms with E-state index in [-0.39, 0.29) is 11.8 Å². The monoisotopic (exact) mass is 363 g/mol. The van der Waals surface area contributed by atoms with Gasteiger partial charge in [-0.05, 0) is 31.0 Å². The number of sulfonamides is 1. The Morgan fingerprint density at radius 3 is 2.72 bits per heavy atom. The van der Waals surface area contributed by atoms with Crippen LogP contribution in [0, 0.1) is 5.92 Å². The van der Waals surface area contributed by atoms with Gasteiger partial charge in [0.25, 0.3) is 0 Å². The molecule has 3 heterocycles. The Balaban J connectivity index is 1.59. The van der Waals surface area contributed by atoms with Gasteiger partial charge in [0, 0.05) is 37.3 Å². The smallest absolute Gasteiger partial charge is 0.223 e. The minimum Gasteiger partial charge on any atom is -0.463 e. The van der Waals surface area contributed by atoms with E-state index in [2.05, 4.69) is 10.3 Å². The van der Waals surface area contributed by atoms with Gasteiger partial charge in [-0.1, -0.05) is 6.07 Å². The summed E-state index contributed by atoms with van der Waals surface area (Å²) in [6.45, 7) is 1.14. The summed E-state index contributed by atoms with van der Waals surface area (Å²) in [4.78, 5) is 16.7. The zero-order chi connectivity index (χ0) is 17.9. The number of carbonyl (C=O) groups excluding carboxylic acids is 1. The number of amides is 1. The Labute approximate surface area is 147 Å². The largest absolute Gasteiger partial charge is 0.463 e. The van der Waals surface area contributed by atoms with Crippen molar-refractivity contribution in [1.82, 2.24) is 14.6 Å². The summed E-state index contributed by atoms with van der Waals surface area (Å²) in [5.74, 6) is 0.440. The first kappa shape index (κ1) is 17.6. The highest BCUT2D eigenvalue weighted by Gasteiger charge is 2.28. The van der Waals surface area contributed by atoms with Crippen LogP contribution in [0.3, 0.4) is 0 Å². The van der Waals surface area contributed by atoms with Crippen LogP contribution in [0.4, 0.5) is 0 Å². The van der Waals surface area contributed by atoms with E-state index in [1.807, 2.05) is 18.2 Å². The van der Waals surface area contributed by atoms with E-state index in [0.717, 1.165) is 5.56 Å². The fraction of sp³-hybridized carbons (Fsp3) is 0.412. The first-order chi connectivity index (χ1) is 11.9. The number of pyridine rings is 1. The van der Waals surface area contributed by atoms with Crippen molar-refractivity contribution in [3.05, 3.63) is 42.3 Å². The van der Waals surface area contributed by atoms with E-state index in [9.17, 15) is 13.2 Å². The second kappa shape index (κ2) is 7.37. The van der Waals surface area contributed by atoms with E-state index < -0.39 is 10.0 Å². The molecule has 8 heteroatoms.